The summed E-state index contributed by atoms with van der Waals surface area (Å²) >= 11 is 1.75. The summed E-state index contributed by atoms with van der Waals surface area (Å²) in [4.78, 5) is 12.0. The molecule has 0 fully saturated rings. The number of rotatable bonds is 6. The van der Waals surface area contributed by atoms with Gasteiger partial charge in [-0.2, -0.15) is 15.8 Å². The van der Waals surface area contributed by atoms with E-state index >= 15 is 0 Å². The predicted octanol–water partition coefficient (Wildman–Crippen LogP) is 12.1. The minimum atomic E-state index is 0.221. The van der Waals surface area contributed by atoms with Crippen molar-refractivity contribution in [1.82, 2.24) is 9.97 Å². The van der Waals surface area contributed by atoms with E-state index in [1.165, 1.54) is 15.5 Å². The first-order valence-electron chi connectivity index (χ1n) is 17.3. The topological polar surface area (TPSA) is 100 Å². The second-order valence-corrected chi connectivity index (χ2v) is 13.8. The summed E-state index contributed by atoms with van der Waals surface area (Å²) in [6.07, 6.45) is 0. The fourth-order valence-electron chi connectivity index (χ4n) is 7.02. The van der Waals surface area contributed by atoms with E-state index in [2.05, 4.69) is 102 Å². The van der Waals surface area contributed by atoms with Gasteiger partial charge in [-0.3, -0.25) is 0 Å². The van der Waals surface area contributed by atoms with Crippen molar-refractivity contribution in [2.24, 2.45) is 0 Å². The molecule has 250 valence electrons. The van der Waals surface area contributed by atoms with Crippen molar-refractivity contribution in [2.45, 2.75) is 0 Å². The molecule has 0 aliphatic rings. The van der Waals surface area contributed by atoms with E-state index < -0.39 is 0 Å². The van der Waals surface area contributed by atoms with Crippen LogP contribution in [0.1, 0.15) is 16.7 Å². The molecule has 0 spiro atoms. The molecule has 7 aromatic carbocycles. The van der Waals surface area contributed by atoms with Crippen LogP contribution in [0.2, 0.25) is 0 Å². The maximum Gasteiger partial charge on any atom is 0.160 e. The number of hydrogen-bond acceptors (Lipinski definition) is 7. The molecule has 0 radical (unpaired) electrons. The highest BCUT2D eigenvalue weighted by Gasteiger charge is 2.22. The van der Waals surface area contributed by atoms with Gasteiger partial charge in [-0.1, -0.05) is 103 Å². The van der Waals surface area contributed by atoms with E-state index in [1.807, 2.05) is 66.7 Å². The Hall–Kier alpha value is -7.63. The number of anilines is 3. The van der Waals surface area contributed by atoms with E-state index in [0.29, 0.717) is 33.5 Å². The van der Waals surface area contributed by atoms with Gasteiger partial charge in [-0.25, -0.2) is 9.97 Å². The van der Waals surface area contributed by atoms with Crippen molar-refractivity contribution in [3.8, 4) is 52.0 Å². The normalized spacial score (nSPS) is 10.9. The second-order valence-electron chi connectivity index (χ2n) is 12.7. The Morgan fingerprint density at radius 2 is 1.11 bits per heavy atom. The van der Waals surface area contributed by atoms with Gasteiger partial charge in [0.15, 0.2) is 5.82 Å². The first-order chi connectivity index (χ1) is 26.6. The highest BCUT2D eigenvalue weighted by atomic mass is 32.1. The number of fused-ring (bicyclic) bond motifs is 4. The van der Waals surface area contributed by atoms with Crippen molar-refractivity contribution in [2.75, 3.05) is 4.90 Å². The average Bonchev–Trinajstić information content (AvgIpc) is 3.63. The molecular weight excluding hydrogens is 681 g/mol. The molecule has 9 rings (SSSR count). The highest BCUT2D eigenvalue weighted by Crippen LogP contribution is 2.46. The number of aromatic nitrogens is 2. The smallest absolute Gasteiger partial charge is 0.160 e. The van der Waals surface area contributed by atoms with Gasteiger partial charge >= 0.3 is 0 Å². The Morgan fingerprint density at radius 3 is 1.85 bits per heavy atom. The van der Waals surface area contributed by atoms with E-state index in [9.17, 15) is 15.8 Å². The average molecular weight is 707 g/mol. The fourth-order valence-corrected chi connectivity index (χ4v) is 8.23. The predicted molar refractivity (Wildman–Crippen MR) is 218 cm³/mol. The van der Waals surface area contributed by atoms with Crippen LogP contribution in [-0.2, 0) is 0 Å². The summed E-state index contributed by atoms with van der Waals surface area (Å²) in [5.74, 6) is 0.455. The van der Waals surface area contributed by atoms with Gasteiger partial charge in [-0.15, -0.1) is 11.3 Å². The summed E-state index contributed by atoms with van der Waals surface area (Å²) in [6, 6.07) is 59.0. The highest BCUT2D eigenvalue weighted by molar-refractivity contribution is 7.26. The first kappa shape index (κ1) is 32.3. The summed E-state index contributed by atoms with van der Waals surface area (Å²) < 4.78 is 2.34. The third-order valence-electron chi connectivity index (χ3n) is 9.60. The second kappa shape index (κ2) is 13.5. The number of nitriles is 3. The monoisotopic (exact) mass is 706 g/mol. The van der Waals surface area contributed by atoms with Crippen LogP contribution in [-0.4, -0.2) is 9.97 Å². The van der Waals surface area contributed by atoms with Gasteiger partial charge < -0.3 is 4.90 Å². The van der Waals surface area contributed by atoms with Gasteiger partial charge in [0.25, 0.3) is 0 Å². The molecule has 6 nitrogen and oxygen atoms in total. The van der Waals surface area contributed by atoms with Crippen LogP contribution < -0.4 is 4.90 Å². The summed E-state index contributed by atoms with van der Waals surface area (Å²) in [5, 5.41) is 33.5. The lowest BCUT2D eigenvalue weighted by Gasteiger charge is -2.27. The number of hydrogen-bond donors (Lipinski definition) is 0. The number of nitrogens with zero attached hydrogens (tertiary/aromatic N) is 6. The Kier molecular flexibility index (Phi) is 8.07. The molecule has 2 aromatic heterocycles. The molecule has 7 heteroatoms. The SMILES string of the molecule is N#Cc1cc2nc(-c3ccccc3)nc(-c3ccc(N(c4ccc(-c5ccccc5)cc4)c4cccc5c4sc4ccccc45)cc3C#N)c2cc1C#N. The van der Waals surface area contributed by atoms with Crippen LogP contribution in [0.5, 0.6) is 0 Å². The molecule has 9 aromatic rings. The third kappa shape index (κ3) is 5.57. The molecule has 2 heterocycles. The Morgan fingerprint density at radius 1 is 0.481 bits per heavy atom. The van der Waals surface area contributed by atoms with Crippen LogP contribution in [0, 0.1) is 34.0 Å². The van der Waals surface area contributed by atoms with Crippen LogP contribution in [0.25, 0.3) is 64.8 Å². The van der Waals surface area contributed by atoms with Crippen molar-refractivity contribution >= 4 is 59.5 Å². The molecule has 0 unspecified atom stereocenters. The van der Waals surface area contributed by atoms with E-state index in [-0.39, 0.29) is 11.1 Å². The largest absolute Gasteiger partial charge is 0.309 e. The zero-order valence-corrected chi connectivity index (χ0v) is 29.4. The molecular formula is C47H26N6S. The van der Waals surface area contributed by atoms with Crippen molar-refractivity contribution in [3.63, 3.8) is 0 Å². The summed E-state index contributed by atoms with van der Waals surface area (Å²) in [7, 11) is 0. The molecule has 0 amide bonds. The maximum absolute atomic E-state index is 10.8. The van der Waals surface area contributed by atoms with Crippen LogP contribution in [0.15, 0.2) is 158 Å². The summed E-state index contributed by atoms with van der Waals surface area (Å²) in [6.45, 7) is 0. The van der Waals surface area contributed by atoms with Gasteiger partial charge in [0.05, 0.1) is 44.4 Å². The van der Waals surface area contributed by atoms with E-state index in [4.69, 9.17) is 9.97 Å². The molecule has 0 atom stereocenters. The molecule has 0 aliphatic heterocycles. The third-order valence-corrected chi connectivity index (χ3v) is 10.8. The zero-order chi connectivity index (χ0) is 36.6. The Labute approximate surface area is 315 Å². The van der Waals surface area contributed by atoms with E-state index in [0.717, 1.165) is 38.5 Å². The lowest BCUT2D eigenvalue weighted by atomic mass is 9.97. The van der Waals surface area contributed by atoms with Crippen LogP contribution >= 0.6 is 11.3 Å². The molecule has 54 heavy (non-hydrogen) atoms. The maximum atomic E-state index is 10.8. The molecule has 0 saturated heterocycles. The van der Waals surface area contributed by atoms with Gasteiger partial charge in [0, 0.05) is 43.4 Å². The van der Waals surface area contributed by atoms with Crippen LogP contribution in [0.3, 0.4) is 0 Å². The minimum Gasteiger partial charge on any atom is -0.309 e. The molecule has 0 bridgehead atoms. The zero-order valence-electron chi connectivity index (χ0n) is 28.6. The van der Waals surface area contributed by atoms with Crippen molar-refractivity contribution in [3.05, 3.63) is 174 Å². The first-order valence-corrected chi connectivity index (χ1v) is 18.1. The van der Waals surface area contributed by atoms with Crippen molar-refractivity contribution < 1.29 is 0 Å². The standard InChI is InChI=1S/C47H26N6S/c48-27-33-25-41-42(26-34(33)28-49)51-47(32-12-5-2-6-13-32)52-45(41)38-23-22-37(24-35(38)29-50)53(36-20-18-31(19-21-36)30-10-3-1-4-11-30)43-16-9-15-40-39-14-7-8-17-44(39)54-46(40)43/h1-26H. The molecule has 0 aliphatic carbocycles. The van der Waals surface area contributed by atoms with Gasteiger partial charge in [0.2, 0.25) is 0 Å². The van der Waals surface area contributed by atoms with E-state index in [1.54, 1.807) is 23.5 Å². The Balaban J connectivity index is 1.26. The summed E-state index contributed by atoms with van der Waals surface area (Å²) in [5.41, 5.74) is 8.25. The molecule has 0 saturated carbocycles. The minimum absolute atomic E-state index is 0.221. The van der Waals surface area contributed by atoms with Gasteiger partial charge in [0.1, 0.15) is 12.1 Å². The number of thiophene rings is 1. The number of benzene rings is 7. The van der Waals surface area contributed by atoms with Crippen molar-refractivity contribution in [1.29, 1.82) is 15.8 Å². The lowest BCUT2D eigenvalue weighted by molar-refractivity contribution is 1.22. The van der Waals surface area contributed by atoms with Crippen LogP contribution in [0.4, 0.5) is 17.1 Å². The Bertz CT molecular complexity index is 3020. The quantitative estimate of drug-likeness (QED) is 0.171. The molecule has 0 N–H and O–H groups in total. The lowest BCUT2D eigenvalue weighted by Crippen LogP contribution is -2.10. The fraction of sp³-hybridized carbons (Fsp3) is 0. The van der Waals surface area contributed by atoms with Gasteiger partial charge in [-0.05, 0) is 65.7 Å².